The Balaban J connectivity index is 1.13. The SMILES string of the molecule is C/C1=C/C=C/C(C)C[C@@H](C)[C@@H](O)[C@@H](C)C(OC(=O)CC(=O)N2CCC3(CCN(C)CC3)C2)[C@H](C)C/C=C/OC2(C)Oc3c(C)c(O)c4c(O)c(c5c(c4c3C2=O)NC2(CCN(CC(C)C)CC2)N=5)=NC1=O. The van der Waals surface area contributed by atoms with Gasteiger partial charge in [-0.15, -0.1) is 0 Å². The standard InChI is InChI=1S/C55H76N6O10/c1-31(2)29-60-23-19-55(20-24-60)57-43-40-41-47(65)37(8)50-42(40)51(67)53(9,71-50)69-26-12-15-33(4)49(70-39(63)28-38(62)61-25-18-54(30-61)16-21-59(10)22-17-54)36(7)46(64)35(6)27-32(3)13-11-14-34(5)52(68)56-45(48(41)66)44(43)58-55/h11-14,26,31-33,35-36,46,49,57,64-66H,15-25,27-30H2,1-10H3/b13-11+,26-12+,34-14-,56-45?/t32?,33-,35-,36-,46-,49?,53?/m1/s1. The van der Waals surface area contributed by atoms with Crippen LogP contribution in [-0.2, 0) is 23.9 Å². The summed E-state index contributed by atoms with van der Waals surface area (Å²) in [5.74, 6) is -5.45. The molecule has 0 aliphatic carbocycles. The topological polar surface area (TPSA) is 203 Å². The third-order valence-electron chi connectivity index (χ3n) is 16.3. The number of hydrogen-bond acceptors (Lipinski definition) is 14. The monoisotopic (exact) mass is 981 g/mol. The second-order valence-corrected chi connectivity index (χ2v) is 22.6. The minimum absolute atomic E-state index is 0.0298. The van der Waals surface area contributed by atoms with Crippen LogP contribution in [-0.4, -0.2) is 130 Å². The average Bonchev–Trinajstić information content (AvgIpc) is 3.99. The number of rotatable bonds is 5. The number of nitrogens with zero attached hydrogens (tertiary/aromatic N) is 5. The normalized spacial score (nSPS) is 30.9. The average molecular weight is 981 g/mol. The van der Waals surface area contributed by atoms with Crippen molar-refractivity contribution < 1.29 is 48.7 Å². The predicted octanol–water partition coefficient (Wildman–Crippen LogP) is 6.47. The van der Waals surface area contributed by atoms with Crippen molar-refractivity contribution in [2.24, 2.45) is 45.0 Å². The molecule has 0 saturated carbocycles. The summed E-state index contributed by atoms with van der Waals surface area (Å²) in [6.45, 7) is 22.4. The lowest BCUT2D eigenvalue weighted by atomic mass is 9.78. The van der Waals surface area contributed by atoms with Crippen molar-refractivity contribution in [1.29, 1.82) is 0 Å². The first-order valence-corrected chi connectivity index (χ1v) is 25.9. The number of phenolic OH excluding ortho intramolecular Hbond substituents is 2. The minimum Gasteiger partial charge on any atom is -0.507 e. The van der Waals surface area contributed by atoms with E-state index in [4.69, 9.17) is 19.2 Å². The third-order valence-corrected chi connectivity index (χ3v) is 16.3. The van der Waals surface area contributed by atoms with Gasteiger partial charge in [0.15, 0.2) is 5.75 Å². The van der Waals surface area contributed by atoms with Crippen molar-refractivity contribution >= 4 is 40.0 Å². The van der Waals surface area contributed by atoms with E-state index in [2.05, 4.69) is 41.0 Å². The molecule has 2 aromatic carbocycles. The summed E-state index contributed by atoms with van der Waals surface area (Å²) in [5, 5.41) is 39.8. The molecule has 71 heavy (non-hydrogen) atoms. The molecule has 16 nitrogen and oxygen atoms in total. The molecule has 2 aromatic rings. The fraction of sp³-hybridized carbons (Fsp3) is 0.636. The van der Waals surface area contributed by atoms with E-state index in [-0.39, 0.29) is 78.8 Å². The highest BCUT2D eigenvalue weighted by molar-refractivity contribution is 6.21. The Kier molecular flexibility index (Phi) is 14.9. The molecule has 0 aromatic heterocycles. The van der Waals surface area contributed by atoms with Crippen molar-refractivity contribution in [2.45, 2.75) is 137 Å². The first-order chi connectivity index (χ1) is 33.5. The number of amides is 2. The van der Waals surface area contributed by atoms with Gasteiger partial charge in [0.25, 0.3) is 11.7 Å². The van der Waals surface area contributed by atoms with Gasteiger partial charge in [-0.05, 0) is 101 Å². The Morgan fingerprint density at radius 1 is 0.944 bits per heavy atom. The van der Waals surface area contributed by atoms with Gasteiger partial charge < -0.3 is 49.5 Å². The van der Waals surface area contributed by atoms with Crippen molar-refractivity contribution in [3.8, 4) is 17.2 Å². The van der Waals surface area contributed by atoms with Crippen LogP contribution in [0.5, 0.6) is 17.2 Å². The Hall–Kier alpha value is -5.32. The number of aliphatic hydroxyl groups is 1. The summed E-state index contributed by atoms with van der Waals surface area (Å²) in [6.07, 6.45) is 11.4. The second-order valence-electron chi connectivity index (χ2n) is 22.6. The summed E-state index contributed by atoms with van der Waals surface area (Å²) in [6, 6.07) is 0. The molecule has 7 atom stereocenters. The van der Waals surface area contributed by atoms with Crippen molar-refractivity contribution in [2.75, 3.05) is 58.2 Å². The molecule has 3 fully saturated rings. The fourth-order valence-electron chi connectivity index (χ4n) is 11.9. The van der Waals surface area contributed by atoms with Crippen LogP contribution >= 0.6 is 0 Å². The maximum absolute atomic E-state index is 14.9. The lowest BCUT2D eigenvalue weighted by molar-refractivity contribution is -0.161. The van der Waals surface area contributed by atoms with E-state index in [1.165, 1.54) is 13.2 Å². The zero-order valence-electron chi connectivity index (χ0n) is 43.5. The first-order valence-electron chi connectivity index (χ1n) is 25.9. The number of piperidine rings is 2. The number of nitrogens with one attached hydrogen (secondary N) is 1. The second kappa shape index (κ2) is 20.3. The van der Waals surface area contributed by atoms with Crippen LogP contribution in [0, 0.1) is 41.9 Å². The van der Waals surface area contributed by atoms with Crippen LogP contribution in [0.25, 0.3) is 10.8 Å². The Morgan fingerprint density at radius 3 is 2.32 bits per heavy atom. The van der Waals surface area contributed by atoms with E-state index in [1.807, 2.05) is 33.8 Å². The van der Waals surface area contributed by atoms with Gasteiger partial charge in [0.2, 0.25) is 5.91 Å². The number of ether oxygens (including phenoxy) is 3. The van der Waals surface area contributed by atoms with Gasteiger partial charge in [0.1, 0.15) is 40.4 Å². The van der Waals surface area contributed by atoms with Gasteiger partial charge >= 0.3 is 11.8 Å². The molecular weight excluding hydrogens is 905 g/mol. The summed E-state index contributed by atoms with van der Waals surface area (Å²) < 4.78 is 18.7. The van der Waals surface area contributed by atoms with Gasteiger partial charge in [0.05, 0.1) is 29.0 Å². The number of carbonyl (C=O) groups excluding carboxylic acids is 4. The summed E-state index contributed by atoms with van der Waals surface area (Å²) in [5.41, 5.74) is 0.161. The van der Waals surface area contributed by atoms with E-state index >= 15 is 0 Å². The molecule has 7 aliphatic heterocycles. The Morgan fingerprint density at radius 2 is 1.63 bits per heavy atom. The van der Waals surface area contributed by atoms with E-state index in [0.717, 1.165) is 52.0 Å². The zero-order chi connectivity index (χ0) is 51.3. The first kappa shape index (κ1) is 52.0. The van der Waals surface area contributed by atoms with Crippen LogP contribution in [0.2, 0.25) is 0 Å². The number of Topliss-reactive ketones (excluding diaryl/α,β-unsaturated/α-hetero) is 1. The molecule has 4 N–H and O–H groups in total. The number of esters is 1. The third kappa shape index (κ3) is 10.4. The van der Waals surface area contributed by atoms with Gasteiger partial charge in [0, 0.05) is 74.9 Å². The van der Waals surface area contributed by atoms with Crippen molar-refractivity contribution in [1.82, 2.24) is 14.7 Å². The van der Waals surface area contributed by atoms with Gasteiger partial charge in [-0.2, -0.15) is 0 Å². The van der Waals surface area contributed by atoms with Crippen LogP contribution in [0.1, 0.15) is 123 Å². The molecule has 5 bridgehead atoms. The number of carbonyl (C=O) groups is 4. The molecule has 3 unspecified atom stereocenters. The Labute approximate surface area is 417 Å². The fourth-order valence-corrected chi connectivity index (χ4v) is 11.9. The minimum atomic E-state index is -1.91. The number of fused-ring (bicyclic) bond motifs is 13. The zero-order valence-corrected chi connectivity index (χ0v) is 43.5. The molecule has 2 spiro atoms. The van der Waals surface area contributed by atoms with Gasteiger partial charge in [-0.25, -0.2) is 4.99 Å². The summed E-state index contributed by atoms with van der Waals surface area (Å²) >= 11 is 0. The number of aliphatic hydroxyl groups excluding tert-OH is 1. The maximum Gasteiger partial charge on any atom is 0.315 e. The van der Waals surface area contributed by atoms with E-state index in [1.54, 1.807) is 37.0 Å². The largest absolute Gasteiger partial charge is 0.507 e. The summed E-state index contributed by atoms with van der Waals surface area (Å²) in [4.78, 5) is 72.3. The molecule has 16 heteroatoms. The Bertz CT molecular complexity index is 2660. The van der Waals surface area contributed by atoms with Crippen molar-refractivity contribution in [3.63, 3.8) is 0 Å². The smallest absolute Gasteiger partial charge is 0.315 e. The highest BCUT2D eigenvalue weighted by Crippen LogP contribution is 2.51. The molecule has 3 saturated heterocycles. The molecule has 9 rings (SSSR count). The highest BCUT2D eigenvalue weighted by Gasteiger charge is 2.51. The lowest BCUT2D eigenvalue weighted by Crippen LogP contribution is -2.47. The van der Waals surface area contributed by atoms with Gasteiger partial charge in [-0.1, -0.05) is 59.8 Å². The highest BCUT2D eigenvalue weighted by atomic mass is 16.7. The van der Waals surface area contributed by atoms with Crippen LogP contribution in [0.15, 0.2) is 46.1 Å². The quantitative estimate of drug-likeness (QED) is 0.144. The summed E-state index contributed by atoms with van der Waals surface area (Å²) in [7, 11) is 2.12. The number of hydrogen-bond donors (Lipinski definition) is 4. The maximum atomic E-state index is 14.9. The number of anilines is 1. The molecule has 0 radical (unpaired) electrons. The predicted molar refractivity (Wildman–Crippen MR) is 269 cm³/mol. The molecule has 2 amide bonds. The van der Waals surface area contributed by atoms with Gasteiger partial charge in [-0.3, -0.25) is 24.2 Å². The van der Waals surface area contributed by atoms with Crippen LogP contribution < -0.4 is 20.8 Å². The number of ketones is 1. The number of likely N-dealkylation sites (tertiary alicyclic amines) is 3. The van der Waals surface area contributed by atoms with E-state index in [9.17, 15) is 34.5 Å². The molecular formula is C55H76N6O10. The van der Waals surface area contributed by atoms with E-state index < -0.39 is 59.4 Å². The van der Waals surface area contributed by atoms with Crippen LogP contribution in [0.4, 0.5) is 5.69 Å². The molecule has 386 valence electrons. The van der Waals surface area contributed by atoms with Crippen LogP contribution in [0.3, 0.4) is 0 Å². The lowest BCUT2D eigenvalue weighted by Gasteiger charge is -2.38. The van der Waals surface area contributed by atoms with Crippen molar-refractivity contribution in [3.05, 3.63) is 58.0 Å². The number of phenols is 2. The molecule has 7 aliphatic rings. The van der Waals surface area contributed by atoms with E-state index in [0.29, 0.717) is 50.4 Å². The number of aromatic hydroxyl groups is 2. The number of benzene rings is 2. The molecule has 7 heterocycles. The number of allylic oxidation sites excluding steroid dienone is 4.